The number of carbonyl (C=O) groups is 1. The third kappa shape index (κ3) is 1.90. The highest BCUT2D eigenvalue weighted by Crippen LogP contribution is 2.23. The average Bonchev–Trinajstić information content (AvgIpc) is 2.64. The number of hydrazone groups is 1. The standard InChI is InChI=1S/C12H12N4O/c1-8-11(7-14)12(17)16(15-8)10-4-2-9(6-13)3-5-10/h2-5,11H,7,14H2,1H3. The number of benzene rings is 1. The largest absolute Gasteiger partial charge is 0.329 e. The molecule has 0 aromatic heterocycles. The lowest BCUT2D eigenvalue weighted by atomic mass is 10.1. The number of nitrogens with zero attached hydrogens (tertiary/aromatic N) is 3. The van der Waals surface area contributed by atoms with Crippen LogP contribution < -0.4 is 10.7 Å². The van der Waals surface area contributed by atoms with Gasteiger partial charge in [-0.1, -0.05) is 0 Å². The number of hydrogen-bond acceptors (Lipinski definition) is 4. The first kappa shape index (κ1) is 11.3. The Morgan fingerprint density at radius 1 is 1.47 bits per heavy atom. The van der Waals surface area contributed by atoms with Gasteiger partial charge in [-0.2, -0.15) is 10.4 Å². The molecule has 1 heterocycles. The normalized spacial score (nSPS) is 19.1. The molecule has 0 aliphatic carbocycles. The number of nitrogens with two attached hydrogens (primary N) is 1. The molecule has 1 unspecified atom stereocenters. The molecule has 0 spiro atoms. The van der Waals surface area contributed by atoms with E-state index in [0.717, 1.165) is 5.71 Å². The van der Waals surface area contributed by atoms with Crippen molar-refractivity contribution in [3.05, 3.63) is 29.8 Å². The quantitative estimate of drug-likeness (QED) is 0.814. The molecule has 5 heteroatoms. The summed E-state index contributed by atoms with van der Waals surface area (Å²) in [5.74, 6) is -0.444. The molecule has 1 aliphatic heterocycles. The van der Waals surface area contributed by atoms with Crippen LogP contribution in [0, 0.1) is 17.2 Å². The first-order valence-corrected chi connectivity index (χ1v) is 5.26. The van der Waals surface area contributed by atoms with Gasteiger partial charge in [0, 0.05) is 12.3 Å². The maximum Gasteiger partial charge on any atom is 0.257 e. The van der Waals surface area contributed by atoms with Gasteiger partial charge in [0.1, 0.15) is 0 Å². The molecule has 17 heavy (non-hydrogen) atoms. The van der Waals surface area contributed by atoms with Gasteiger partial charge in [-0.15, -0.1) is 0 Å². The summed E-state index contributed by atoms with van der Waals surface area (Å²) in [6.07, 6.45) is 0. The molecule has 1 aromatic carbocycles. The molecule has 0 bridgehead atoms. The summed E-state index contributed by atoms with van der Waals surface area (Å²) in [6.45, 7) is 2.06. The summed E-state index contributed by atoms with van der Waals surface area (Å²) in [5, 5.41) is 14.2. The molecule has 1 aromatic rings. The Morgan fingerprint density at radius 2 is 2.12 bits per heavy atom. The molecule has 2 N–H and O–H groups in total. The van der Waals surface area contributed by atoms with Crippen LogP contribution in [0.5, 0.6) is 0 Å². The number of hydrogen-bond donors (Lipinski definition) is 1. The van der Waals surface area contributed by atoms with E-state index in [2.05, 4.69) is 5.10 Å². The zero-order valence-corrected chi connectivity index (χ0v) is 9.42. The van der Waals surface area contributed by atoms with Gasteiger partial charge >= 0.3 is 0 Å². The molecule has 0 saturated carbocycles. The smallest absolute Gasteiger partial charge is 0.257 e. The maximum atomic E-state index is 12.0. The first-order chi connectivity index (χ1) is 8.17. The highest BCUT2D eigenvalue weighted by atomic mass is 16.2. The number of rotatable bonds is 2. The van der Waals surface area contributed by atoms with Crippen LogP contribution in [0.1, 0.15) is 12.5 Å². The van der Waals surface area contributed by atoms with Crippen LogP contribution in [-0.2, 0) is 4.79 Å². The average molecular weight is 228 g/mol. The van der Waals surface area contributed by atoms with Crippen molar-refractivity contribution in [2.24, 2.45) is 16.8 Å². The zero-order chi connectivity index (χ0) is 12.4. The van der Waals surface area contributed by atoms with E-state index in [1.807, 2.05) is 6.07 Å². The van der Waals surface area contributed by atoms with Gasteiger partial charge in [-0.3, -0.25) is 4.79 Å². The van der Waals surface area contributed by atoms with E-state index in [1.165, 1.54) is 5.01 Å². The van der Waals surface area contributed by atoms with Gasteiger partial charge in [0.25, 0.3) is 5.91 Å². The topological polar surface area (TPSA) is 82.5 Å². The number of nitriles is 1. The van der Waals surface area contributed by atoms with Crippen LogP contribution in [-0.4, -0.2) is 18.2 Å². The second-order valence-corrected chi connectivity index (χ2v) is 3.84. The number of anilines is 1. The second kappa shape index (κ2) is 4.36. The molecule has 0 radical (unpaired) electrons. The summed E-state index contributed by atoms with van der Waals surface area (Å²) >= 11 is 0. The highest BCUT2D eigenvalue weighted by Gasteiger charge is 2.32. The number of amides is 1. The van der Waals surface area contributed by atoms with Gasteiger partial charge in [0.05, 0.1) is 23.2 Å². The summed E-state index contributed by atoms with van der Waals surface area (Å²) in [4.78, 5) is 12.0. The molecule has 2 rings (SSSR count). The van der Waals surface area contributed by atoms with Crippen molar-refractivity contribution < 1.29 is 4.79 Å². The Hall–Kier alpha value is -2.19. The molecular weight excluding hydrogens is 216 g/mol. The Balaban J connectivity index is 2.30. The molecule has 1 amide bonds. The predicted octanol–water partition coefficient (Wildman–Crippen LogP) is 0.856. The highest BCUT2D eigenvalue weighted by molar-refractivity contribution is 6.14. The fraction of sp³-hybridized carbons (Fsp3) is 0.250. The van der Waals surface area contributed by atoms with Crippen molar-refractivity contribution >= 4 is 17.3 Å². The van der Waals surface area contributed by atoms with Gasteiger partial charge in [-0.05, 0) is 31.2 Å². The lowest BCUT2D eigenvalue weighted by molar-refractivity contribution is -0.119. The number of carbonyl (C=O) groups excluding carboxylic acids is 1. The van der Waals surface area contributed by atoms with Crippen LogP contribution in [0.25, 0.3) is 0 Å². The van der Waals surface area contributed by atoms with E-state index >= 15 is 0 Å². The van der Waals surface area contributed by atoms with Crippen LogP contribution in [0.2, 0.25) is 0 Å². The van der Waals surface area contributed by atoms with Gasteiger partial charge in [0.2, 0.25) is 0 Å². The predicted molar refractivity (Wildman–Crippen MR) is 64.3 cm³/mol. The van der Waals surface area contributed by atoms with Crippen LogP contribution in [0.3, 0.4) is 0 Å². The third-order valence-corrected chi connectivity index (χ3v) is 2.75. The minimum atomic E-state index is -0.328. The Labute approximate surface area is 99.1 Å². The zero-order valence-electron chi connectivity index (χ0n) is 9.42. The van der Waals surface area contributed by atoms with E-state index in [-0.39, 0.29) is 18.4 Å². The van der Waals surface area contributed by atoms with Crippen molar-refractivity contribution in [2.75, 3.05) is 11.6 Å². The molecule has 1 atom stereocenters. The van der Waals surface area contributed by atoms with Crippen LogP contribution in [0.4, 0.5) is 5.69 Å². The maximum absolute atomic E-state index is 12.0. The Kier molecular flexibility index (Phi) is 2.90. The third-order valence-electron chi connectivity index (χ3n) is 2.75. The molecule has 0 fully saturated rings. The van der Waals surface area contributed by atoms with Crippen molar-refractivity contribution in [3.63, 3.8) is 0 Å². The van der Waals surface area contributed by atoms with E-state index < -0.39 is 0 Å². The van der Waals surface area contributed by atoms with Crippen molar-refractivity contribution in [1.29, 1.82) is 5.26 Å². The lowest BCUT2D eigenvalue weighted by Gasteiger charge is -2.13. The van der Waals surface area contributed by atoms with Gasteiger partial charge < -0.3 is 5.73 Å². The molecular formula is C12H12N4O. The first-order valence-electron chi connectivity index (χ1n) is 5.26. The van der Waals surface area contributed by atoms with E-state index in [1.54, 1.807) is 31.2 Å². The van der Waals surface area contributed by atoms with E-state index in [0.29, 0.717) is 11.3 Å². The summed E-state index contributed by atoms with van der Waals surface area (Å²) in [6, 6.07) is 8.74. The summed E-state index contributed by atoms with van der Waals surface area (Å²) in [7, 11) is 0. The Morgan fingerprint density at radius 3 is 2.59 bits per heavy atom. The van der Waals surface area contributed by atoms with Crippen LogP contribution in [0.15, 0.2) is 29.4 Å². The minimum absolute atomic E-state index is 0.116. The van der Waals surface area contributed by atoms with Crippen molar-refractivity contribution in [3.8, 4) is 6.07 Å². The van der Waals surface area contributed by atoms with E-state index in [9.17, 15) is 4.79 Å². The fourth-order valence-electron chi connectivity index (χ4n) is 1.74. The van der Waals surface area contributed by atoms with Crippen molar-refractivity contribution in [1.82, 2.24) is 0 Å². The monoisotopic (exact) mass is 228 g/mol. The van der Waals surface area contributed by atoms with Crippen LogP contribution >= 0.6 is 0 Å². The molecule has 86 valence electrons. The van der Waals surface area contributed by atoms with Gasteiger partial charge in [-0.25, -0.2) is 5.01 Å². The summed E-state index contributed by atoms with van der Waals surface area (Å²) < 4.78 is 0. The van der Waals surface area contributed by atoms with Gasteiger partial charge in [0.15, 0.2) is 0 Å². The summed E-state index contributed by atoms with van der Waals surface area (Å²) in [5.41, 5.74) is 7.46. The molecule has 1 aliphatic rings. The SMILES string of the molecule is CC1=NN(c2ccc(C#N)cc2)C(=O)C1CN. The molecule has 0 saturated heterocycles. The molecule has 5 nitrogen and oxygen atoms in total. The fourth-order valence-corrected chi connectivity index (χ4v) is 1.74. The Bertz CT molecular complexity index is 512. The van der Waals surface area contributed by atoms with Crippen molar-refractivity contribution in [2.45, 2.75) is 6.92 Å². The minimum Gasteiger partial charge on any atom is -0.329 e. The van der Waals surface area contributed by atoms with E-state index in [4.69, 9.17) is 11.0 Å². The lowest BCUT2D eigenvalue weighted by Crippen LogP contribution is -2.32. The second-order valence-electron chi connectivity index (χ2n) is 3.84.